The van der Waals surface area contributed by atoms with Gasteiger partial charge in [0.1, 0.15) is 11.6 Å². The average Bonchev–Trinajstić information content (AvgIpc) is 2.70. The van der Waals surface area contributed by atoms with Gasteiger partial charge >= 0.3 is 0 Å². The van der Waals surface area contributed by atoms with Gasteiger partial charge in [0.05, 0.1) is 18.6 Å². The predicted octanol–water partition coefficient (Wildman–Crippen LogP) is 3.67. The lowest BCUT2D eigenvalue weighted by molar-refractivity contribution is -0.120. The number of nitrogens with one attached hydrogen (secondary N) is 1. The molecular formula is C20H22ClFN2O4S. The molecule has 6 nitrogen and oxygen atoms in total. The van der Waals surface area contributed by atoms with Gasteiger partial charge in [-0.2, -0.15) is 0 Å². The van der Waals surface area contributed by atoms with Crippen LogP contribution in [0.4, 0.5) is 10.1 Å². The van der Waals surface area contributed by atoms with Crippen LogP contribution >= 0.6 is 11.6 Å². The number of amides is 1. The van der Waals surface area contributed by atoms with Gasteiger partial charge in [-0.3, -0.25) is 4.79 Å². The van der Waals surface area contributed by atoms with E-state index in [0.717, 1.165) is 0 Å². The van der Waals surface area contributed by atoms with Crippen molar-refractivity contribution in [2.24, 2.45) is 5.92 Å². The zero-order valence-corrected chi connectivity index (χ0v) is 17.5. The zero-order valence-electron chi connectivity index (χ0n) is 15.9. The lowest BCUT2D eigenvalue weighted by Crippen LogP contribution is -2.41. The van der Waals surface area contributed by atoms with Gasteiger partial charge in [-0.15, -0.1) is 0 Å². The second-order valence-corrected chi connectivity index (χ2v) is 9.30. The number of carbonyl (C=O) groups is 1. The second-order valence-electron chi connectivity index (χ2n) is 6.89. The Morgan fingerprint density at radius 3 is 2.48 bits per heavy atom. The van der Waals surface area contributed by atoms with Gasteiger partial charge in [-0.05, 0) is 48.7 Å². The first-order valence-electron chi connectivity index (χ1n) is 9.15. The maximum atomic E-state index is 13.0. The molecule has 0 atom stereocenters. The second kappa shape index (κ2) is 9.11. The number of rotatable bonds is 6. The molecular weight excluding hydrogens is 419 g/mol. The van der Waals surface area contributed by atoms with Crippen LogP contribution in [0.3, 0.4) is 0 Å². The van der Waals surface area contributed by atoms with Crippen LogP contribution in [0.2, 0.25) is 5.02 Å². The van der Waals surface area contributed by atoms with E-state index in [1.165, 1.54) is 35.7 Å². The van der Waals surface area contributed by atoms with Gasteiger partial charge in [-0.25, -0.2) is 17.1 Å². The molecule has 0 radical (unpaired) electrons. The largest absolute Gasteiger partial charge is 0.495 e. The molecule has 2 aromatic carbocycles. The maximum absolute atomic E-state index is 13.0. The molecule has 1 amide bonds. The number of methoxy groups -OCH3 is 1. The summed E-state index contributed by atoms with van der Waals surface area (Å²) in [4.78, 5) is 12.6. The Morgan fingerprint density at radius 1 is 1.21 bits per heavy atom. The molecule has 1 fully saturated rings. The lowest BCUT2D eigenvalue weighted by atomic mass is 9.97. The summed E-state index contributed by atoms with van der Waals surface area (Å²) in [5.74, 6) is -0.599. The van der Waals surface area contributed by atoms with E-state index in [9.17, 15) is 17.6 Å². The number of benzene rings is 2. The molecule has 0 bridgehead atoms. The first-order valence-corrected chi connectivity index (χ1v) is 11.1. The molecule has 29 heavy (non-hydrogen) atoms. The molecule has 0 aromatic heterocycles. The normalized spacial score (nSPS) is 15.8. The summed E-state index contributed by atoms with van der Waals surface area (Å²) in [5.41, 5.74) is 1.01. The Labute approximate surface area is 174 Å². The number of anilines is 1. The fourth-order valence-corrected chi connectivity index (χ4v) is 5.03. The minimum atomic E-state index is -3.53. The van der Waals surface area contributed by atoms with Crippen LogP contribution in [-0.4, -0.2) is 38.8 Å². The standard InChI is InChI=1S/C20H22ClFN2O4S/c1-28-19-7-4-16(21)12-18(19)23-20(25)15-8-10-24(11-9-15)29(26,27)13-14-2-5-17(22)6-3-14/h2-7,12,15H,8-11,13H2,1H3,(H,23,25). The summed E-state index contributed by atoms with van der Waals surface area (Å²) >= 11 is 5.99. The molecule has 3 rings (SSSR count). The van der Waals surface area contributed by atoms with E-state index in [1.807, 2.05) is 0 Å². The van der Waals surface area contributed by atoms with Gasteiger partial charge in [0.25, 0.3) is 0 Å². The number of carbonyl (C=O) groups excluding carboxylic acids is 1. The summed E-state index contributed by atoms with van der Waals surface area (Å²) in [7, 11) is -2.03. The Hall–Kier alpha value is -2.16. The zero-order chi connectivity index (χ0) is 21.0. The fourth-order valence-electron chi connectivity index (χ4n) is 3.29. The van der Waals surface area contributed by atoms with Gasteiger partial charge < -0.3 is 10.1 Å². The number of sulfonamides is 1. The Kier molecular flexibility index (Phi) is 6.77. The summed E-state index contributed by atoms with van der Waals surface area (Å²) in [5, 5.41) is 3.29. The number of hydrogen-bond acceptors (Lipinski definition) is 4. The van der Waals surface area contributed by atoms with Crippen LogP contribution in [0, 0.1) is 11.7 Å². The third-order valence-corrected chi connectivity index (χ3v) is 6.98. The van der Waals surface area contributed by atoms with Crippen molar-refractivity contribution in [3.8, 4) is 5.75 Å². The molecule has 1 aliphatic rings. The van der Waals surface area contributed by atoms with E-state index in [1.54, 1.807) is 18.2 Å². The van der Waals surface area contributed by atoms with Crippen molar-refractivity contribution in [1.82, 2.24) is 4.31 Å². The van der Waals surface area contributed by atoms with Crippen molar-refractivity contribution < 1.29 is 22.3 Å². The number of nitrogens with zero attached hydrogens (tertiary/aromatic N) is 1. The van der Waals surface area contributed by atoms with E-state index in [2.05, 4.69) is 5.32 Å². The molecule has 9 heteroatoms. The molecule has 0 aliphatic carbocycles. The lowest BCUT2D eigenvalue weighted by Gasteiger charge is -2.30. The van der Waals surface area contributed by atoms with E-state index >= 15 is 0 Å². The fraction of sp³-hybridized carbons (Fsp3) is 0.350. The molecule has 1 heterocycles. The van der Waals surface area contributed by atoms with Crippen LogP contribution in [-0.2, 0) is 20.6 Å². The van der Waals surface area contributed by atoms with Crippen LogP contribution in [0.1, 0.15) is 18.4 Å². The minimum Gasteiger partial charge on any atom is -0.495 e. The molecule has 1 saturated heterocycles. The quantitative estimate of drug-likeness (QED) is 0.743. The van der Waals surface area contributed by atoms with Gasteiger partial charge in [0, 0.05) is 24.0 Å². The topological polar surface area (TPSA) is 75.7 Å². The SMILES string of the molecule is COc1ccc(Cl)cc1NC(=O)C1CCN(S(=O)(=O)Cc2ccc(F)cc2)CC1. The molecule has 156 valence electrons. The number of halogens is 2. The monoisotopic (exact) mass is 440 g/mol. The van der Waals surface area contributed by atoms with Crippen molar-refractivity contribution in [2.45, 2.75) is 18.6 Å². The van der Waals surface area contributed by atoms with E-state index in [-0.39, 0.29) is 30.7 Å². The third kappa shape index (κ3) is 5.46. The Balaban J connectivity index is 1.59. The van der Waals surface area contributed by atoms with Gasteiger partial charge in [0.2, 0.25) is 15.9 Å². The predicted molar refractivity (Wildman–Crippen MR) is 110 cm³/mol. The molecule has 2 aromatic rings. The Morgan fingerprint density at radius 2 is 1.86 bits per heavy atom. The summed E-state index contributed by atoms with van der Waals surface area (Å²) in [6.45, 7) is 0.516. The van der Waals surface area contributed by atoms with Crippen molar-refractivity contribution in [1.29, 1.82) is 0 Å². The summed E-state index contributed by atoms with van der Waals surface area (Å²) in [6.07, 6.45) is 0.828. The van der Waals surface area contributed by atoms with Gasteiger partial charge in [-0.1, -0.05) is 23.7 Å². The number of ether oxygens (including phenoxy) is 1. The van der Waals surface area contributed by atoms with Crippen molar-refractivity contribution in [2.75, 3.05) is 25.5 Å². The van der Waals surface area contributed by atoms with Crippen molar-refractivity contribution in [3.05, 3.63) is 58.9 Å². The molecule has 0 spiro atoms. The highest BCUT2D eigenvalue weighted by atomic mass is 35.5. The van der Waals surface area contributed by atoms with Gasteiger partial charge in [0.15, 0.2) is 0 Å². The highest BCUT2D eigenvalue weighted by Crippen LogP contribution is 2.29. The molecule has 1 aliphatic heterocycles. The Bertz CT molecular complexity index is 974. The van der Waals surface area contributed by atoms with Crippen LogP contribution in [0.15, 0.2) is 42.5 Å². The highest BCUT2D eigenvalue weighted by molar-refractivity contribution is 7.88. The molecule has 0 saturated carbocycles. The smallest absolute Gasteiger partial charge is 0.227 e. The van der Waals surface area contributed by atoms with E-state index in [0.29, 0.717) is 34.9 Å². The minimum absolute atomic E-state index is 0.191. The number of hydrogen-bond donors (Lipinski definition) is 1. The third-order valence-electron chi connectivity index (χ3n) is 4.90. The van der Waals surface area contributed by atoms with Crippen LogP contribution < -0.4 is 10.1 Å². The van der Waals surface area contributed by atoms with E-state index in [4.69, 9.17) is 16.3 Å². The van der Waals surface area contributed by atoms with E-state index < -0.39 is 15.8 Å². The summed E-state index contributed by atoms with van der Waals surface area (Å²) < 4.78 is 44.9. The number of piperidine rings is 1. The molecule has 1 N–H and O–H groups in total. The first-order chi connectivity index (χ1) is 13.8. The van der Waals surface area contributed by atoms with Crippen molar-refractivity contribution >= 4 is 33.2 Å². The maximum Gasteiger partial charge on any atom is 0.227 e. The first kappa shape index (κ1) is 21.5. The average molecular weight is 441 g/mol. The molecule has 0 unspecified atom stereocenters. The van der Waals surface area contributed by atoms with Crippen LogP contribution in [0.25, 0.3) is 0 Å². The van der Waals surface area contributed by atoms with Crippen LogP contribution in [0.5, 0.6) is 5.75 Å². The highest BCUT2D eigenvalue weighted by Gasteiger charge is 2.31. The summed E-state index contributed by atoms with van der Waals surface area (Å²) in [6, 6.07) is 10.4. The van der Waals surface area contributed by atoms with Crippen molar-refractivity contribution in [3.63, 3.8) is 0 Å².